The number of hydrogen-bond acceptors (Lipinski definition) is 0. The highest BCUT2D eigenvalue weighted by Crippen LogP contribution is 2.25. The molecular formula is C13H15Br. The molecule has 74 valence electrons. The molecule has 0 amide bonds. The van der Waals surface area contributed by atoms with Crippen LogP contribution >= 0.6 is 15.9 Å². The van der Waals surface area contributed by atoms with Crippen molar-refractivity contribution in [2.75, 3.05) is 0 Å². The lowest BCUT2D eigenvalue weighted by molar-refractivity contribution is 0.713. The van der Waals surface area contributed by atoms with Gasteiger partial charge in [0.1, 0.15) is 0 Å². The lowest BCUT2D eigenvalue weighted by Crippen LogP contribution is -1.95. The van der Waals surface area contributed by atoms with Crippen LogP contribution in [0.5, 0.6) is 0 Å². The highest BCUT2D eigenvalue weighted by molar-refractivity contribution is 9.10. The summed E-state index contributed by atoms with van der Waals surface area (Å²) in [4.78, 5) is 0. The van der Waals surface area contributed by atoms with Gasteiger partial charge in [0, 0.05) is 4.47 Å². The Morgan fingerprint density at radius 3 is 2.00 bits per heavy atom. The van der Waals surface area contributed by atoms with Crippen molar-refractivity contribution in [1.29, 1.82) is 0 Å². The van der Waals surface area contributed by atoms with E-state index in [9.17, 15) is 0 Å². The maximum atomic E-state index is 3.78. The molecule has 0 unspecified atom stereocenters. The van der Waals surface area contributed by atoms with Gasteiger partial charge in [-0.2, -0.15) is 0 Å². The maximum Gasteiger partial charge on any atom is 0.0175 e. The Labute approximate surface area is 94.5 Å². The SMILES string of the molecule is C=CCC(CC=C)c1ccc(Br)cc1. The third kappa shape index (κ3) is 3.15. The smallest absolute Gasteiger partial charge is 0.0175 e. The Kier molecular flexibility index (Phi) is 4.68. The molecule has 0 fully saturated rings. The summed E-state index contributed by atoms with van der Waals surface area (Å²) in [5, 5.41) is 0. The molecule has 14 heavy (non-hydrogen) atoms. The number of halogens is 1. The Balaban J connectivity index is 2.80. The monoisotopic (exact) mass is 250 g/mol. The minimum absolute atomic E-state index is 0.526. The van der Waals surface area contributed by atoms with Crippen LogP contribution < -0.4 is 0 Å². The van der Waals surface area contributed by atoms with Crippen molar-refractivity contribution >= 4 is 15.9 Å². The van der Waals surface area contributed by atoms with Crippen LogP contribution in [0.4, 0.5) is 0 Å². The van der Waals surface area contributed by atoms with Crippen molar-refractivity contribution in [3.63, 3.8) is 0 Å². The lowest BCUT2D eigenvalue weighted by atomic mass is 9.93. The van der Waals surface area contributed by atoms with Crippen molar-refractivity contribution in [2.45, 2.75) is 18.8 Å². The minimum atomic E-state index is 0.526. The number of allylic oxidation sites excluding steroid dienone is 2. The zero-order valence-corrected chi connectivity index (χ0v) is 9.83. The topological polar surface area (TPSA) is 0 Å². The van der Waals surface area contributed by atoms with E-state index < -0.39 is 0 Å². The second-order valence-electron chi connectivity index (χ2n) is 3.30. The van der Waals surface area contributed by atoms with Gasteiger partial charge in [0.2, 0.25) is 0 Å². The lowest BCUT2D eigenvalue weighted by Gasteiger charge is -2.13. The fraction of sp³-hybridized carbons (Fsp3) is 0.231. The molecule has 0 spiro atoms. The third-order valence-corrected chi connectivity index (χ3v) is 2.77. The van der Waals surface area contributed by atoms with Crippen molar-refractivity contribution in [3.05, 3.63) is 59.6 Å². The van der Waals surface area contributed by atoms with Crippen LogP contribution in [0.2, 0.25) is 0 Å². The summed E-state index contributed by atoms with van der Waals surface area (Å²) in [6, 6.07) is 8.46. The molecule has 1 rings (SSSR count). The summed E-state index contributed by atoms with van der Waals surface area (Å²) >= 11 is 3.43. The second kappa shape index (κ2) is 5.82. The van der Waals surface area contributed by atoms with Gasteiger partial charge in [-0.05, 0) is 36.5 Å². The number of hydrogen-bond donors (Lipinski definition) is 0. The van der Waals surface area contributed by atoms with E-state index in [1.807, 2.05) is 12.2 Å². The van der Waals surface area contributed by atoms with E-state index in [-0.39, 0.29) is 0 Å². The molecule has 0 saturated heterocycles. The molecule has 0 heterocycles. The molecule has 1 aromatic carbocycles. The summed E-state index contributed by atoms with van der Waals surface area (Å²) in [6.45, 7) is 7.56. The average molecular weight is 251 g/mol. The van der Waals surface area contributed by atoms with E-state index in [2.05, 4.69) is 53.4 Å². The Bertz CT molecular complexity index is 288. The van der Waals surface area contributed by atoms with Crippen LogP contribution in [0.3, 0.4) is 0 Å². The van der Waals surface area contributed by atoms with E-state index in [4.69, 9.17) is 0 Å². The van der Waals surface area contributed by atoms with Crippen molar-refractivity contribution in [3.8, 4) is 0 Å². The highest BCUT2D eigenvalue weighted by atomic mass is 79.9. The van der Waals surface area contributed by atoms with Crippen molar-refractivity contribution in [1.82, 2.24) is 0 Å². The predicted molar refractivity (Wildman–Crippen MR) is 66.5 cm³/mol. The summed E-state index contributed by atoms with van der Waals surface area (Å²) in [7, 11) is 0. The fourth-order valence-corrected chi connectivity index (χ4v) is 1.77. The standard InChI is InChI=1S/C13H15Br/c1-3-5-11(6-4-2)12-7-9-13(14)10-8-12/h3-4,7-11H,1-2,5-6H2. The first-order valence-corrected chi connectivity index (χ1v) is 5.54. The van der Waals surface area contributed by atoms with E-state index in [1.54, 1.807) is 0 Å². The third-order valence-electron chi connectivity index (χ3n) is 2.24. The molecule has 0 aliphatic heterocycles. The van der Waals surface area contributed by atoms with E-state index in [0.29, 0.717) is 5.92 Å². The molecule has 0 bridgehead atoms. The quantitative estimate of drug-likeness (QED) is 0.666. The van der Waals surface area contributed by atoms with Gasteiger partial charge in [-0.25, -0.2) is 0 Å². The van der Waals surface area contributed by atoms with Gasteiger partial charge in [0.15, 0.2) is 0 Å². The highest BCUT2D eigenvalue weighted by Gasteiger charge is 2.07. The zero-order valence-electron chi connectivity index (χ0n) is 8.25. The van der Waals surface area contributed by atoms with Crippen LogP contribution in [0.15, 0.2) is 54.0 Å². The van der Waals surface area contributed by atoms with Crippen LogP contribution in [0, 0.1) is 0 Å². The Hall–Kier alpha value is -0.820. The molecule has 0 nitrogen and oxygen atoms in total. The van der Waals surface area contributed by atoms with E-state index in [1.165, 1.54) is 5.56 Å². The first kappa shape index (κ1) is 11.3. The van der Waals surface area contributed by atoms with Gasteiger partial charge in [0.25, 0.3) is 0 Å². The second-order valence-corrected chi connectivity index (χ2v) is 4.21. The number of benzene rings is 1. The molecular weight excluding hydrogens is 236 g/mol. The average Bonchev–Trinajstić information content (AvgIpc) is 2.19. The molecule has 0 aliphatic carbocycles. The molecule has 0 saturated carbocycles. The van der Waals surface area contributed by atoms with Crippen LogP contribution in [0.1, 0.15) is 24.3 Å². The molecule has 0 aromatic heterocycles. The van der Waals surface area contributed by atoms with Crippen molar-refractivity contribution in [2.24, 2.45) is 0 Å². The fourth-order valence-electron chi connectivity index (χ4n) is 1.51. The van der Waals surface area contributed by atoms with Crippen LogP contribution in [-0.2, 0) is 0 Å². The molecule has 1 heteroatoms. The summed E-state index contributed by atoms with van der Waals surface area (Å²) < 4.78 is 1.12. The van der Waals surface area contributed by atoms with E-state index in [0.717, 1.165) is 17.3 Å². The van der Waals surface area contributed by atoms with Gasteiger partial charge in [-0.3, -0.25) is 0 Å². The summed E-state index contributed by atoms with van der Waals surface area (Å²) in [5.41, 5.74) is 1.35. The van der Waals surface area contributed by atoms with Gasteiger partial charge in [-0.15, -0.1) is 13.2 Å². The molecule has 1 aromatic rings. The van der Waals surface area contributed by atoms with Crippen molar-refractivity contribution < 1.29 is 0 Å². The first-order valence-electron chi connectivity index (χ1n) is 4.75. The van der Waals surface area contributed by atoms with E-state index >= 15 is 0 Å². The zero-order chi connectivity index (χ0) is 10.4. The Morgan fingerprint density at radius 1 is 1.07 bits per heavy atom. The molecule has 0 atom stereocenters. The van der Waals surface area contributed by atoms with Crippen LogP contribution in [0.25, 0.3) is 0 Å². The minimum Gasteiger partial charge on any atom is -0.103 e. The molecule has 0 aliphatic rings. The maximum absolute atomic E-state index is 3.78. The van der Waals surface area contributed by atoms with Gasteiger partial charge in [-0.1, -0.05) is 40.2 Å². The number of rotatable bonds is 5. The van der Waals surface area contributed by atoms with Gasteiger partial charge >= 0.3 is 0 Å². The summed E-state index contributed by atoms with van der Waals surface area (Å²) in [6.07, 6.45) is 5.95. The Morgan fingerprint density at radius 2 is 1.57 bits per heavy atom. The van der Waals surface area contributed by atoms with Gasteiger partial charge in [0.05, 0.1) is 0 Å². The molecule has 0 radical (unpaired) electrons. The summed E-state index contributed by atoms with van der Waals surface area (Å²) in [5.74, 6) is 0.526. The van der Waals surface area contributed by atoms with Gasteiger partial charge < -0.3 is 0 Å². The predicted octanol–water partition coefficient (Wildman–Crippen LogP) is 4.68. The largest absolute Gasteiger partial charge is 0.103 e. The normalized spacial score (nSPS) is 10.1. The van der Waals surface area contributed by atoms with Crippen LogP contribution in [-0.4, -0.2) is 0 Å². The first-order chi connectivity index (χ1) is 6.77. The molecule has 0 N–H and O–H groups in total.